The largest absolute Gasteiger partial charge is 0.419 e. The van der Waals surface area contributed by atoms with Crippen LogP contribution in [0.15, 0.2) is 67.3 Å². The molecule has 1 saturated carbocycles. The summed E-state index contributed by atoms with van der Waals surface area (Å²) in [4.78, 5) is 0. The normalized spacial score (nSPS) is 20.1. The molecule has 1 aliphatic rings. The molecule has 4 heteroatoms. The Bertz CT molecular complexity index is 838. The second-order valence-corrected chi connectivity index (χ2v) is 7.77. The number of rotatable bonds is 6. The van der Waals surface area contributed by atoms with Crippen LogP contribution in [0.2, 0.25) is 0 Å². The Hall–Kier alpha value is -2.36. The van der Waals surface area contributed by atoms with Crippen LogP contribution in [0.3, 0.4) is 0 Å². The van der Waals surface area contributed by atoms with Crippen LogP contribution in [0, 0.1) is 11.7 Å². The molecule has 154 valence electrons. The molecular formula is C25H26F4. The van der Waals surface area contributed by atoms with Gasteiger partial charge >= 0.3 is 6.18 Å². The van der Waals surface area contributed by atoms with Crippen LogP contribution in [0.5, 0.6) is 0 Å². The first-order valence-corrected chi connectivity index (χ1v) is 10.1. The Balaban J connectivity index is 1.60. The summed E-state index contributed by atoms with van der Waals surface area (Å²) in [6.07, 6.45) is 8.37. The van der Waals surface area contributed by atoms with Crippen molar-refractivity contribution in [3.8, 4) is 11.1 Å². The van der Waals surface area contributed by atoms with Crippen LogP contribution in [-0.4, -0.2) is 0 Å². The van der Waals surface area contributed by atoms with Gasteiger partial charge in [0.1, 0.15) is 5.82 Å². The SMILES string of the molecule is C=C/C=C/CCC1CCC(c2ccc(-c3ccc(C(F)(F)F)c(F)c3)cc2)CC1. The van der Waals surface area contributed by atoms with Crippen molar-refractivity contribution >= 4 is 0 Å². The van der Waals surface area contributed by atoms with Crippen LogP contribution >= 0.6 is 0 Å². The van der Waals surface area contributed by atoms with E-state index < -0.39 is 17.6 Å². The highest BCUT2D eigenvalue weighted by Crippen LogP contribution is 2.38. The summed E-state index contributed by atoms with van der Waals surface area (Å²) in [7, 11) is 0. The van der Waals surface area contributed by atoms with E-state index in [-0.39, 0.29) is 0 Å². The van der Waals surface area contributed by atoms with Crippen LogP contribution in [0.4, 0.5) is 17.6 Å². The molecule has 0 saturated heterocycles. The first kappa shape index (κ1) is 21.4. The summed E-state index contributed by atoms with van der Waals surface area (Å²) in [6, 6.07) is 10.9. The lowest BCUT2D eigenvalue weighted by Gasteiger charge is -2.28. The van der Waals surface area contributed by atoms with Gasteiger partial charge < -0.3 is 0 Å². The van der Waals surface area contributed by atoms with E-state index in [0.29, 0.717) is 11.5 Å². The minimum atomic E-state index is -4.67. The number of alkyl halides is 3. The van der Waals surface area contributed by atoms with Gasteiger partial charge in [-0.05, 0) is 79.2 Å². The lowest BCUT2D eigenvalue weighted by molar-refractivity contribution is -0.139. The monoisotopic (exact) mass is 402 g/mol. The van der Waals surface area contributed by atoms with Crippen LogP contribution in [0.1, 0.15) is 55.6 Å². The van der Waals surface area contributed by atoms with Gasteiger partial charge in [-0.1, -0.05) is 55.1 Å². The molecule has 0 atom stereocenters. The Morgan fingerprint density at radius 2 is 1.59 bits per heavy atom. The average molecular weight is 402 g/mol. The molecule has 2 aromatic carbocycles. The smallest absolute Gasteiger partial charge is 0.206 e. The van der Waals surface area contributed by atoms with Gasteiger partial charge in [0.05, 0.1) is 5.56 Å². The first-order chi connectivity index (χ1) is 13.9. The quantitative estimate of drug-likeness (QED) is 0.337. The van der Waals surface area contributed by atoms with E-state index in [2.05, 4.69) is 12.7 Å². The van der Waals surface area contributed by atoms with E-state index in [4.69, 9.17) is 0 Å². The Morgan fingerprint density at radius 1 is 0.931 bits per heavy atom. The molecule has 2 aromatic rings. The molecule has 29 heavy (non-hydrogen) atoms. The van der Waals surface area contributed by atoms with E-state index in [0.717, 1.165) is 42.9 Å². The highest BCUT2D eigenvalue weighted by Gasteiger charge is 2.34. The lowest BCUT2D eigenvalue weighted by atomic mass is 9.77. The highest BCUT2D eigenvalue weighted by atomic mass is 19.4. The summed E-state index contributed by atoms with van der Waals surface area (Å²) in [5, 5.41) is 0. The molecule has 0 radical (unpaired) electrons. The minimum absolute atomic E-state index is 0.457. The van der Waals surface area contributed by atoms with Gasteiger partial charge in [0, 0.05) is 0 Å². The third-order valence-corrected chi connectivity index (χ3v) is 5.85. The summed E-state index contributed by atoms with van der Waals surface area (Å²) < 4.78 is 52.0. The second-order valence-electron chi connectivity index (χ2n) is 7.77. The molecule has 0 spiro atoms. The molecule has 1 aliphatic carbocycles. The van der Waals surface area contributed by atoms with E-state index in [1.54, 1.807) is 6.08 Å². The molecule has 0 unspecified atom stereocenters. The van der Waals surface area contributed by atoms with E-state index in [1.807, 2.05) is 30.3 Å². The number of hydrogen-bond donors (Lipinski definition) is 0. The molecule has 1 fully saturated rings. The molecule has 0 amide bonds. The molecule has 3 rings (SSSR count). The summed E-state index contributed by atoms with van der Waals surface area (Å²) in [5.74, 6) is 0.0591. The Labute approximate surface area is 170 Å². The number of halogens is 4. The van der Waals surface area contributed by atoms with Crippen molar-refractivity contribution in [3.63, 3.8) is 0 Å². The Kier molecular flexibility index (Phi) is 6.94. The second kappa shape index (κ2) is 9.43. The zero-order valence-electron chi connectivity index (χ0n) is 16.4. The van der Waals surface area contributed by atoms with Gasteiger partial charge in [0.25, 0.3) is 0 Å². The van der Waals surface area contributed by atoms with Crippen LogP contribution < -0.4 is 0 Å². The fourth-order valence-corrected chi connectivity index (χ4v) is 4.18. The van der Waals surface area contributed by atoms with Gasteiger partial charge in [0.15, 0.2) is 0 Å². The van der Waals surface area contributed by atoms with Crippen molar-refractivity contribution in [2.24, 2.45) is 5.92 Å². The van der Waals surface area contributed by atoms with Crippen molar-refractivity contribution in [2.45, 2.75) is 50.6 Å². The predicted octanol–water partition coefficient (Wildman–Crippen LogP) is 8.31. The fraction of sp³-hybridized carbons (Fsp3) is 0.360. The van der Waals surface area contributed by atoms with Crippen LogP contribution in [-0.2, 0) is 6.18 Å². The van der Waals surface area contributed by atoms with Crippen molar-refractivity contribution in [1.29, 1.82) is 0 Å². The first-order valence-electron chi connectivity index (χ1n) is 10.1. The van der Waals surface area contributed by atoms with Crippen LogP contribution in [0.25, 0.3) is 11.1 Å². The van der Waals surface area contributed by atoms with Gasteiger partial charge in [-0.25, -0.2) is 4.39 Å². The van der Waals surface area contributed by atoms with Gasteiger partial charge in [-0.3, -0.25) is 0 Å². The fourth-order valence-electron chi connectivity index (χ4n) is 4.18. The zero-order valence-corrected chi connectivity index (χ0v) is 16.4. The molecule has 0 aliphatic heterocycles. The van der Waals surface area contributed by atoms with Gasteiger partial charge in [-0.2, -0.15) is 13.2 Å². The molecule has 0 N–H and O–H groups in total. The standard InChI is InChI=1S/C25H26F4/c1-2-3-4-5-6-18-7-9-19(10-8-18)20-11-13-21(14-12-20)22-15-16-23(24(26)17-22)25(27,28)29/h2-4,11-19H,1,5-10H2/b4-3+. The van der Waals surface area contributed by atoms with Crippen molar-refractivity contribution in [1.82, 2.24) is 0 Å². The molecule has 0 bridgehead atoms. The summed E-state index contributed by atoms with van der Waals surface area (Å²) in [6.45, 7) is 3.68. The summed E-state index contributed by atoms with van der Waals surface area (Å²) in [5.41, 5.74) is 1.21. The average Bonchev–Trinajstić information content (AvgIpc) is 2.71. The maximum atomic E-state index is 13.8. The molecule has 0 heterocycles. The predicted molar refractivity (Wildman–Crippen MR) is 110 cm³/mol. The maximum absolute atomic E-state index is 13.8. The van der Waals surface area contributed by atoms with Crippen molar-refractivity contribution < 1.29 is 17.6 Å². The number of hydrogen-bond acceptors (Lipinski definition) is 0. The van der Waals surface area contributed by atoms with Gasteiger partial charge in [0.2, 0.25) is 0 Å². The highest BCUT2D eigenvalue weighted by molar-refractivity contribution is 5.64. The molecule has 0 aromatic heterocycles. The summed E-state index contributed by atoms with van der Waals surface area (Å²) >= 11 is 0. The molecular weight excluding hydrogens is 376 g/mol. The topological polar surface area (TPSA) is 0 Å². The third-order valence-electron chi connectivity index (χ3n) is 5.85. The maximum Gasteiger partial charge on any atom is 0.419 e. The van der Waals surface area contributed by atoms with E-state index >= 15 is 0 Å². The zero-order chi connectivity index (χ0) is 20.9. The Morgan fingerprint density at radius 3 is 2.17 bits per heavy atom. The van der Waals surface area contributed by atoms with E-state index in [9.17, 15) is 17.6 Å². The lowest BCUT2D eigenvalue weighted by Crippen LogP contribution is -2.13. The minimum Gasteiger partial charge on any atom is -0.206 e. The van der Waals surface area contributed by atoms with Gasteiger partial charge in [-0.15, -0.1) is 0 Å². The van der Waals surface area contributed by atoms with Crippen molar-refractivity contribution in [3.05, 3.63) is 84.2 Å². The van der Waals surface area contributed by atoms with Crippen molar-refractivity contribution in [2.75, 3.05) is 0 Å². The number of allylic oxidation sites excluding steroid dienone is 3. The molecule has 0 nitrogen and oxygen atoms in total. The van der Waals surface area contributed by atoms with E-state index in [1.165, 1.54) is 30.9 Å². The number of benzene rings is 2. The third kappa shape index (κ3) is 5.59.